The molecule has 0 saturated carbocycles. The Morgan fingerprint density at radius 2 is 1.83 bits per heavy atom. The highest BCUT2D eigenvalue weighted by Crippen LogP contribution is 2.28. The van der Waals surface area contributed by atoms with E-state index in [0.29, 0.717) is 11.8 Å². The van der Waals surface area contributed by atoms with E-state index in [1.807, 2.05) is 12.3 Å². The van der Waals surface area contributed by atoms with Gasteiger partial charge in [-0.15, -0.1) is 0 Å². The topological polar surface area (TPSA) is 78.4 Å². The Morgan fingerprint density at radius 3 is 2.66 bits per heavy atom. The summed E-state index contributed by atoms with van der Waals surface area (Å²) < 4.78 is 0. The Morgan fingerprint density at radius 1 is 1.00 bits per heavy atom. The third-order valence-corrected chi connectivity index (χ3v) is 6.48. The molecule has 2 bridgehead atoms. The van der Waals surface area contributed by atoms with Gasteiger partial charge in [-0.05, 0) is 31.9 Å². The average Bonchev–Trinajstić information content (AvgIpc) is 3.15. The normalized spacial score (nSPS) is 27.6. The number of piperidine rings is 1. The third-order valence-electron chi connectivity index (χ3n) is 6.48. The molecule has 6 heterocycles. The molecule has 1 amide bonds. The third kappa shape index (κ3) is 3.86. The van der Waals surface area contributed by atoms with Crippen LogP contribution in [0.15, 0.2) is 31.0 Å². The lowest BCUT2D eigenvalue weighted by atomic mass is 9.95. The van der Waals surface area contributed by atoms with Gasteiger partial charge in [-0.1, -0.05) is 0 Å². The van der Waals surface area contributed by atoms with Crippen molar-refractivity contribution in [3.8, 4) is 11.3 Å². The first kappa shape index (κ1) is 18.6. The molecule has 8 nitrogen and oxygen atoms in total. The first-order chi connectivity index (χ1) is 14.3. The Bertz CT molecular complexity index is 849. The van der Waals surface area contributed by atoms with Crippen molar-refractivity contribution < 1.29 is 4.79 Å². The first-order valence-electron chi connectivity index (χ1n) is 10.6. The molecule has 4 aliphatic heterocycles. The van der Waals surface area contributed by atoms with Gasteiger partial charge in [0.15, 0.2) is 0 Å². The highest BCUT2D eigenvalue weighted by Gasteiger charge is 2.37. The van der Waals surface area contributed by atoms with Crippen LogP contribution in [0.1, 0.15) is 31.0 Å². The molecule has 0 radical (unpaired) electrons. The smallest absolute Gasteiger partial charge is 0.241 e. The van der Waals surface area contributed by atoms with Gasteiger partial charge in [0.2, 0.25) is 5.91 Å². The van der Waals surface area contributed by atoms with Gasteiger partial charge in [0.1, 0.15) is 18.2 Å². The van der Waals surface area contributed by atoms with Crippen LogP contribution in [0.5, 0.6) is 0 Å². The Labute approximate surface area is 171 Å². The summed E-state index contributed by atoms with van der Waals surface area (Å²) in [5, 5.41) is 0. The van der Waals surface area contributed by atoms with E-state index in [-0.39, 0.29) is 6.04 Å². The fourth-order valence-corrected chi connectivity index (χ4v) is 4.81. The van der Waals surface area contributed by atoms with Crippen LogP contribution in [0, 0.1) is 0 Å². The summed E-state index contributed by atoms with van der Waals surface area (Å²) in [7, 11) is 0. The standard InChI is InChI=1S/C21H27N7O/c29-21(19-14-26-6-1-7-27(19)11-10-26)28-8-3-16(4-9-28)20-24-5-2-18(25-20)17-12-22-15-23-13-17/h2,5,12-13,15-16,19H,1,3-4,6-11,14H2. The molecule has 29 heavy (non-hydrogen) atoms. The number of rotatable bonds is 3. The molecule has 4 fully saturated rings. The van der Waals surface area contributed by atoms with Gasteiger partial charge in [-0.2, -0.15) is 0 Å². The van der Waals surface area contributed by atoms with E-state index in [1.54, 1.807) is 12.4 Å². The molecule has 0 N–H and O–H groups in total. The minimum Gasteiger partial charge on any atom is -0.341 e. The fraction of sp³-hybridized carbons (Fsp3) is 0.571. The first-order valence-corrected chi connectivity index (χ1v) is 10.6. The number of nitrogens with zero attached hydrogens (tertiary/aromatic N) is 7. The summed E-state index contributed by atoms with van der Waals surface area (Å²) in [6, 6.07) is 1.94. The second-order valence-corrected chi connectivity index (χ2v) is 8.23. The van der Waals surface area contributed by atoms with Crippen LogP contribution in [0.3, 0.4) is 0 Å². The largest absolute Gasteiger partial charge is 0.341 e. The molecular formula is C21H27N7O. The fourth-order valence-electron chi connectivity index (χ4n) is 4.81. The van der Waals surface area contributed by atoms with Gasteiger partial charge in [0.05, 0.1) is 5.69 Å². The van der Waals surface area contributed by atoms with E-state index in [9.17, 15) is 4.79 Å². The van der Waals surface area contributed by atoms with E-state index in [2.05, 4.69) is 29.7 Å². The van der Waals surface area contributed by atoms with Crippen LogP contribution in [0.25, 0.3) is 11.3 Å². The van der Waals surface area contributed by atoms with Crippen molar-refractivity contribution in [3.63, 3.8) is 0 Å². The molecule has 2 aromatic heterocycles. The number of carbonyl (C=O) groups excluding carboxylic acids is 1. The van der Waals surface area contributed by atoms with Crippen LogP contribution in [0.4, 0.5) is 0 Å². The molecule has 3 unspecified atom stereocenters. The van der Waals surface area contributed by atoms with Crippen molar-refractivity contribution in [1.82, 2.24) is 34.6 Å². The zero-order valence-electron chi connectivity index (χ0n) is 16.7. The Balaban J connectivity index is 1.23. The second kappa shape index (κ2) is 8.12. The van der Waals surface area contributed by atoms with Crippen LogP contribution in [0.2, 0.25) is 0 Å². The van der Waals surface area contributed by atoms with Crippen LogP contribution in [-0.2, 0) is 4.79 Å². The molecule has 4 saturated heterocycles. The van der Waals surface area contributed by atoms with Crippen molar-refractivity contribution in [2.45, 2.75) is 31.2 Å². The Kier molecular flexibility index (Phi) is 5.20. The maximum atomic E-state index is 13.2. The summed E-state index contributed by atoms with van der Waals surface area (Å²) in [6.07, 6.45) is 9.87. The quantitative estimate of drug-likeness (QED) is 0.771. The molecule has 3 atom stereocenters. The summed E-state index contributed by atoms with van der Waals surface area (Å²) in [5.41, 5.74) is 1.75. The Hall–Kier alpha value is -2.45. The number of piperazine rings is 1. The molecule has 0 aliphatic carbocycles. The van der Waals surface area contributed by atoms with Crippen LogP contribution in [-0.4, -0.2) is 92.4 Å². The van der Waals surface area contributed by atoms with Crippen LogP contribution < -0.4 is 0 Å². The van der Waals surface area contributed by atoms with E-state index in [0.717, 1.165) is 75.7 Å². The second-order valence-electron chi connectivity index (χ2n) is 8.23. The molecule has 8 heteroatoms. The van der Waals surface area contributed by atoms with Crippen molar-refractivity contribution in [2.24, 2.45) is 0 Å². The van der Waals surface area contributed by atoms with Gasteiger partial charge in [-0.3, -0.25) is 14.6 Å². The molecular weight excluding hydrogens is 366 g/mol. The van der Waals surface area contributed by atoms with E-state index in [4.69, 9.17) is 4.98 Å². The van der Waals surface area contributed by atoms with Crippen molar-refractivity contribution >= 4 is 5.91 Å². The lowest BCUT2D eigenvalue weighted by molar-refractivity contribution is -0.139. The van der Waals surface area contributed by atoms with Gasteiger partial charge in [0.25, 0.3) is 0 Å². The van der Waals surface area contributed by atoms with Gasteiger partial charge in [-0.25, -0.2) is 19.9 Å². The lowest BCUT2D eigenvalue weighted by Gasteiger charge is -2.40. The highest BCUT2D eigenvalue weighted by atomic mass is 16.2. The monoisotopic (exact) mass is 393 g/mol. The van der Waals surface area contributed by atoms with E-state index >= 15 is 0 Å². The molecule has 6 rings (SSSR count). The summed E-state index contributed by atoms with van der Waals surface area (Å²) >= 11 is 0. The van der Waals surface area contributed by atoms with Crippen LogP contribution >= 0.6 is 0 Å². The van der Waals surface area contributed by atoms with E-state index < -0.39 is 0 Å². The lowest BCUT2D eigenvalue weighted by Crippen LogP contribution is -2.58. The number of amides is 1. The summed E-state index contributed by atoms with van der Waals surface area (Å²) in [4.78, 5) is 37.5. The summed E-state index contributed by atoms with van der Waals surface area (Å²) in [5.74, 6) is 1.46. The highest BCUT2D eigenvalue weighted by molar-refractivity contribution is 5.82. The molecule has 2 aromatic rings. The number of likely N-dealkylation sites (tertiary alicyclic amines) is 1. The molecule has 4 aliphatic rings. The van der Waals surface area contributed by atoms with E-state index in [1.165, 1.54) is 12.7 Å². The van der Waals surface area contributed by atoms with Crippen molar-refractivity contribution in [1.29, 1.82) is 0 Å². The molecule has 152 valence electrons. The number of aromatic nitrogens is 4. The maximum absolute atomic E-state index is 13.2. The minimum atomic E-state index is 0.0421. The predicted octanol–water partition coefficient (Wildman–Crippen LogP) is 1.03. The zero-order chi connectivity index (χ0) is 19.6. The number of fused-ring (bicyclic) bond motifs is 4. The number of hydrogen-bond donors (Lipinski definition) is 0. The minimum absolute atomic E-state index is 0.0421. The van der Waals surface area contributed by atoms with Gasteiger partial charge in [0, 0.05) is 69.3 Å². The maximum Gasteiger partial charge on any atom is 0.241 e. The molecule has 0 spiro atoms. The predicted molar refractivity (Wildman–Crippen MR) is 108 cm³/mol. The number of hydrogen-bond acceptors (Lipinski definition) is 7. The van der Waals surface area contributed by atoms with Crippen molar-refractivity contribution in [3.05, 3.63) is 36.8 Å². The zero-order valence-corrected chi connectivity index (χ0v) is 16.7. The molecule has 0 aromatic carbocycles. The van der Waals surface area contributed by atoms with Gasteiger partial charge >= 0.3 is 0 Å². The summed E-state index contributed by atoms with van der Waals surface area (Å²) in [6.45, 7) is 6.77. The number of carbonyl (C=O) groups is 1. The average molecular weight is 393 g/mol. The van der Waals surface area contributed by atoms with Crippen molar-refractivity contribution in [2.75, 3.05) is 45.8 Å². The SMILES string of the molecule is O=C(C1CN2CCCN1CC2)N1CCC(c2nccc(-c3cncnc3)n2)CC1. The van der Waals surface area contributed by atoms with Gasteiger partial charge < -0.3 is 4.90 Å².